The van der Waals surface area contributed by atoms with Gasteiger partial charge in [-0.3, -0.25) is 10.2 Å². The lowest BCUT2D eigenvalue weighted by atomic mass is 10.0. The van der Waals surface area contributed by atoms with Crippen LogP contribution in [0.4, 0.5) is 5.69 Å². The van der Waals surface area contributed by atoms with Gasteiger partial charge in [0, 0.05) is 16.5 Å². The molecule has 0 radical (unpaired) electrons. The standard InChI is InChI=1S/C26H25BrN4O4/c1-33-22-11-9-18(15-23(22)34-2)24-25(26(32)31-29-24)30-28-19-10-12-21(35-14-6-13-27)20(16-19)17-7-4-3-5-8-17/h3-5,7-12,15-16,28H,6,13-14H2,1-2H3,(H,30,31,32). The number of anilines is 1. The van der Waals surface area contributed by atoms with E-state index in [0.717, 1.165) is 28.6 Å². The van der Waals surface area contributed by atoms with Crippen LogP contribution in [0.15, 0.2) is 76.9 Å². The maximum Gasteiger partial charge on any atom is 0.294 e. The first-order valence-corrected chi connectivity index (χ1v) is 12.1. The van der Waals surface area contributed by atoms with Gasteiger partial charge in [-0.05, 0) is 48.4 Å². The van der Waals surface area contributed by atoms with E-state index in [-0.39, 0.29) is 5.71 Å². The molecule has 2 N–H and O–H groups in total. The number of hydrogen-bond donors (Lipinski definition) is 2. The van der Waals surface area contributed by atoms with Gasteiger partial charge in [-0.25, -0.2) is 5.43 Å². The summed E-state index contributed by atoms with van der Waals surface area (Å²) in [7, 11) is 3.11. The molecule has 1 aliphatic heterocycles. The highest BCUT2D eigenvalue weighted by Gasteiger charge is 2.27. The summed E-state index contributed by atoms with van der Waals surface area (Å²) in [5.41, 5.74) is 9.36. The number of nitrogens with one attached hydrogen (secondary N) is 2. The second kappa shape index (κ2) is 11.5. The summed E-state index contributed by atoms with van der Waals surface area (Å²) in [5, 5.41) is 9.41. The summed E-state index contributed by atoms with van der Waals surface area (Å²) in [5.74, 6) is 1.49. The molecule has 180 valence electrons. The van der Waals surface area contributed by atoms with Crippen molar-refractivity contribution in [3.63, 3.8) is 0 Å². The molecular weight excluding hydrogens is 512 g/mol. The summed E-state index contributed by atoms with van der Waals surface area (Å²) in [6.07, 6.45) is 0.898. The maximum absolute atomic E-state index is 12.5. The second-order valence-electron chi connectivity index (χ2n) is 7.51. The minimum atomic E-state index is -0.403. The number of methoxy groups -OCH3 is 2. The molecule has 0 aliphatic carbocycles. The van der Waals surface area contributed by atoms with Crippen LogP contribution in [0, 0.1) is 0 Å². The lowest BCUT2D eigenvalue weighted by Crippen LogP contribution is -2.25. The molecule has 1 aliphatic rings. The number of ether oxygens (including phenoxy) is 3. The number of hydrazone groups is 2. The minimum Gasteiger partial charge on any atom is -0.493 e. The smallest absolute Gasteiger partial charge is 0.294 e. The van der Waals surface area contributed by atoms with Gasteiger partial charge in [-0.2, -0.15) is 10.2 Å². The molecule has 35 heavy (non-hydrogen) atoms. The highest BCUT2D eigenvalue weighted by atomic mass is 79.9. The average Bonchev–Trinajstić information content (AvgIpc) is 3.28. The third kappa shape index (κ3) is 5.63. The van der Waals surface area contributed by atoms with Crippen LogP contribution < -0.4 is 25.1 Å². The molecule has 3 aromatic rings. The first-order valence-electron chi connectivity index (χ1n) is 11.0. The van der Waals surface area contributed by atoms with Gasteiger partial charge < -0.3 is 14.2 Å². The Morgan fingerprint density at radius 3 is 2.46 bits per heavy atom. The van der Waals surface area contributed by atoms with Gasteiger partial charge in [0.1, 0.15) is 11.5 Å². The number of rotatable bonds is 10. The molecule has 1 heterocycles. The minimum absolute atomic E-state index is 0.163. The van der Waals surface area contributed by atoms with E-state index in [1.165, 1.54) is 0 Å². The first-order chi connectivity index (χ1) is 17.1. The van der Waals surface area contributed by atoms with E-state index in [9.17, 15) is 4.79 Å². The molecule has 0 saturated heterocycles. The summed E-state index contributed by atoms with van der Waals surface area (Å²) in [6.45, 7) is 0.603. The van der Waals surface area contributed by atoms with E-state index in [1.807, 2.05) is 48.5 Å². The Kier molecular flexibility index (Phi) is 7.99. The quantitative estimate of drug-likeness (QED) is 0.220. The van der Waals surface area contributed by atoms with Crippen molar-refractivity contribution in [2.24, 2.45) is 10.2 Å². The fourth-order valence-corrected chi connectivity index (χ4v) is 3.76. The fraction of sp³-hybridized carbons (Fsp3) is 0.192. The first kappa shape index (κ1) is 24.3. The van der Waals surface area contributed by atoms with E-state index in [0.29, 0.717) is 35.1 Å². The largest absolute Gasteiger partial charge is 0.493 e. The third-order valence-electron chi connectivity index (χ3n) is 5.26. The number of carbonyl (C=O) groups is 1. The Morgan fingerprint density at radius 2 is 1.71 bits per heavy atom. The van der Waals surface area contributed by atoms with Crippen LogP contribution in [0.25, 0.3) is 11.1 Å². The van der Waals surface area contributed by atoms with Crippen molar-refractivity contribution in [3.8, 4) is 28.4 Å². The lowest BCUT2D eigenvalue weighted by Gasteiger charge is -2.13. The van der Waals surface area contributed by atoms with Crippen LogP contribution in [-0.4, -0.2) is 43.5 Å². The number of nitrogens with zero attached hydrogens (tertiary/aromatic N) is 2. The van der Waals surface area contributed by atoms with E-state index in [4.69, 9.17) is 14.2 Å². The number of benzene rings is 3. The van der Waals surface area contributed by atoms with Gasteiger partial charge >= 0.3 is 0 Å². The number of hydrogen-bond acceptors (Lipinski definition) is 7. The maximum atomic E-state index is 12.5. The van der Waals surface area contributed by atoms with Crippen molar-refractivity contribution in [1.29, 1.82) is 0 Å². The van der Waals surface area contributed by atoms with Crippen molar-refractivity contribution < 1.29 is 19.0 Å². The molecule has 8 nitrogen and oxygen atoms in total. The Hall–Kier alpha value is -3.85. The highest BCUT2D eigenvalue weighted by molar-refractivity contribution is 9.09. The molecule has 0 atom stereocenters. The van der Waals surface area contributed by atoms with Crippen LogP contribution in [0.1, 0.15) is 12.0 Å². The number of alkyl halides is 1. The normalized spacial score (nSPS) is 13.9. The summed E-state index contributed by atoms with van der Waals surface area (Å²) in [4.78, 5) is 12.5. The molecule has 0 bridgehead atoms. The van der Waals surface area contributed by atoms with E-state index < -0.39 is 5.91 Å². The Labute approximate surface area is 212 Å². The van der Waals surface area contributed by atoms with Crippen LogP contribution in [0.5, 0.6) is 17.2 Å². The summed E-state index contributed by atoms with van der Waals surface area (Å²) >= 11 is 3.43. The average molecular weight is 537 g/mol. The SMILES string of the molecule is COc1ccc(C2=NNC(=O)/C2=N\Nc2ccc(OCCCBr)c(-c3ccccc3)c2)cc1OC. The second-order valence-corrected chi connectivity index (χ2v) is 8.30. The monoisotopic (exact) mass is 536 g/mol. The van der Waals surface area contributed by atoms with Gasteiger partial charge in [0.25, 0.3) is 5.91 Å². The molecule has 0 aromatic heterocycles. The van der Waals surface area contributed by atoms with Gasteiger partial charge in [0.05, 0.1) is 26.5 Å². The zero-order valence-electron chi connectivity index (χ0n) is 19.4. The molecule has 9 heteroatoms. The predicted molar refractivity (Wildman–Crippen MR) is 141 cm³/mol. The van der Waals surface area contributed by atoms with Gasteiger partial charge in [-0.1, -0.05) is 46.3 Å². The third-order valence-corrected chi connectivity index (χ3v) is 5.82. The highest BCUT2D eigenvalue weighted by Crippen LogP contribution is 2.33. The molecule has 0 spiro atoms. The van der Waals surface area contributed by atoms with Gasteiger partial charge in [0.2, 0.25) is 0 Å². The van der Waals surface area contributed by atoms with Crippen LogP contribution in [-0.2, 0) is 4.79 Å². The molecule has 0 saturated carbocycles. The fourth-order valence-electron chi connectivity index (χ4n) is 3.53. The van der Waals surface area contributed by atoms with Crippen molar-refractivity contribution in [1.82, 2.24) is 5.43 Å². The van der Waals surface area contributed by atoms with E-state index in [1.54, 1.807) is 32.4 Å². The zero-order chi connectivity index (χ0) is 24.6. The Bertz CT molecular complexity index is 1260. The summed E-state index contributed by atoms with van der Waals surface area (Å²) < 4.78 is 16.7. The predicted octanol–water partition coefficient (Wildman–Crippen LogP) is 4.84. The number of halogens is 1. The summed E-state index contributed by atoms with van der Waals surface area (Å²) in [6, 6.07) is 21.0. The number of carbonyl (C=O) groups excluding carboxylic acids is 1. The molecule has 3 aromatic carbocycles. The van der Waals surface area contributed by atoms with E-state index >= 15 is 0 Å². The lowest BCUT2D eigenvalue weighted by molar-refractivity contribution is -0.114. The topological polar surface area (TPSA) is 93.5 Å². The van der Waals surface area contributed by atoms with Crippen LogP contribution in [0.3, 0.4) is 0 Å². The van der Waals surface area contributed by atoms with Crippen molar-refractivity contribution in [3.05, 3.63) is 72.3 Å². The van der Waals surface area contributed by atoms with Crippen molar-refractivity contribution in [2.75, 3.05) is 31.6 Å². The molecular formula is C26H25BrN4O4. The van der Waals surface area contributed by atoms with Gasteiger partial charge in [0.15, 0.2) is 17.2 Å². The van der Waals surface area contributed by atoms with Crippen LogP contribution in [0.2, 0.25) is 0 Å². The van der Waals surface area contributed by atoms with Crippen LogP contribution >= 0.6 is 15.9 Å². The molecule has 1 amide bonds. The van der Waals surface area contributed by atoms with Gasteiger partial charge in [-0.15, -0.1) is 0 Å². The molecule has 0 unspecified atom stereocenters. The number of amides is 1. The molecule has 4 rings (SSSR count). The Balaban J connectivity index is 1.62. The van der Waals surface area contributed by atoms with Crippen molar-refractivity contribution >= 4 is 38.9 Å². The molecule has 0 fully saturated rings. The Morgan fingerprint density at radius 1 is 0.943 bits per heavy atom. The van der Waals surface area contributed by atoms with Crippen molar-refractivity contribution in [2.45, 2.75) is 6.42 Å². The zero-order valence-corrected chi connectivity index (χ0v) is 21.0. The van der Waals surface area contributed by atoms with E-state index in [2.05, 4.69) is 37.0 Å².